The minimum Gasteiger partial charge on any atom is -0.481 e. The summed E-state index contributed by atoms with van der Waals surface area (Å²) in [5.74, 6) is -0.771. The molecule has 0 bridgehead atoms. The molecule has 0 amide bonds. The third kappa shape index (κ3) is 3.43. The van der Waals surface area contributed by atoms with Crippen LogP contribution in [0.1, 0.15) is 32.6 Å². The smallest absolute Gasteiger partial charge is 0.303 e. The van der Waals surface area contributed by atoms with E-state index >= 15 is 0 Å². The van der Waals surface area contributed by atoms with E-state index in [0.29, 0.717) is 25.9 Å². The number of aliphatic carboxylic acids is 1. The highest BCUT2D eigenvalue weighted by molar-refractivity contribution is 7.90. The van der Waals surface area contributed by atoms with Crippen LogP contribution in [-0.4, -0.2) is 42.1 Å². The number of carboxylic acids is 1. The van der Waals surface area contributed by atoms with Crippen molar-refractivity contribution in [2.45, 2.75) is 37.9 Å². The first-order valence-corrected chi connectivity index (χ1v) is 7.52. The van der Waals surface area contributed by atoms with Gasteiger partial charge >= 0.3 is 5.97 Å². The zero-order valence-corrected chi connectivity index (χ0v) is 11.2. The van der Waals surface area contributed by atoms with Gasteiger partial charge in [-0.2, -0.15) is 5.26 Å². The standard InChI is InChI=1S/C11H18N2O4S/c1-2-10(7-12)18(16,17)13-6-5-9(8-13)3-4-11(14)15/h9-10H,2-6,8H2,1H3,(H,14,15). The van der Waals surface area contributed by atoms with Gasteiger partial charge in [-0.25, -0.2) is 12.7 Å². The van der Waals surface area contributed by atoms with E-state index in [0.717, 1.165) is 0 Å². The predicted molar refractivity (Wildman–Crippen MR) is 65.2 cm³/mol. The highest BCUT2D eigenvalue weighted by Gasteiger charge is 2.36. The van der Waals surface area contributed by atoms with Crippen molar-refractivity contribution in [2.75, 3.05) is 13.1 Å². The summed E-state index contributed by atoms with van der Waals surface area (Å²) in [5.41, 5.74) is 0. The van der Waals surface area contributed by atoms with Gasteiger partial charge in [0.1, 0.15) is 0 Å². The van der Waals surface area contributed by atoms with Crippen LogP contribution in [0, 0.1) is 17.2 Å². The van der Waals surface area contributed by atoms with Crippen LogP contribution in [0.3, 0.4) is 0 Å². The number of nitriles is 1. The fourth-order valence-corrected chi connectivity index (χ4v) is 3.83. The van der Waals surface area contributed by atoms with Crippen molar-refractivity contribution in [3.63, 3.8) is 0 Å². The van der Waals surface area contributed by atoms with E-state index in [9.17, 15) is 13.2 Å². The summed E-state index contributed by atoms with van der Waals surface area (Å²) >= 11 is 0. The number of carboxylic acid groups (broad SMARTS) is 1. The van der Waals surface area contributed by atoms with Gasteiger partial charge in [0, 0.05) is 19.5 Å². The van der Waals surface area contributed by atoms with Crippen LogP contribution < -0.4 is 0 Å². The Kier molecular flexibility index (Phi) is 5.11. The molecule has 0 aromatic heterocycles. The van der Waals surface area contributed by atoms with Crippen molar-refractivity contribution in [1.29, 1.82) is 5.26 Å². The van der Waals surface area contributed by atoms with Crippen LogP contribution >= 0.6 is 0 Å². The van der Waals surface area contributed by atoms with Crippen molar-refractivity contribution in [1.82, 2.24) is 4.31 Å². The van der Waals surface area contributed by atoms with Gasteiger partial charge in [0.2, 0.25) is 10.0 Å². The Labute approximate surface area is 107 Å². The van der Waals surface area contributed by atoms with Crippen LogP contribution in [0.2, 0.25) is 0 Å². The van der Waals surface area contributed by atoms with Gasteiger partial charge in [-0.05, 0) is 25.2 Å². The molecule has 2 unspecified atom stereocenters. The van der Waals surface area contributed by atoms with Gasteiger partial charge in [-0.1, -0.05) is 6.92 Å². The third-order valence-corrected chi connectivity index (χ3v) is 5.46. The topological polar surface area (TPSA) is 98.5 Å². The molecule has 1 heterocycles. The van der Waals surface area contributed by atoms with Crippen molar-refractivity contribution in [3.05, 3.63) is 0 Å². The van der Waals surface area contributed by atoms with Crippen LogP contribution in [0.4, 0.5) is 0 Å². The average molecular weight is 274 g/mol. The number of hydrogen-bond acceptors (Lipinski definition) is 4. The van der Waals surface area contributed by atoms with Gasteiger partial charge in [0.15, 0.2) is 5.25 Å². The molecule has 1 aliphatic heterocycles. The van der Waals surface area contributed by atoms with Crippen molar-refractivity contribution in [3.8, 4) is 6.07 Å². The highest BCUT2D eigenvalue weighted by Crippen LogP contribution is 2.25. The molecule has 2 atom stereocenters. The highest BCUT2D eigenvalue weighted by atomic mass is 32.2. The lowest BCUT2D eigenvalue weighted by molar-refractivity contribution is -0.137. The van der Waals surface area contributed by atoms with Crippen molar-refractivity contribution in [2.24, 2.45) is 5.92 Å². The van der Waals surface area contributed by atoms with Crippen LogP contribution in [0.5, 0.6) is 0 Å². The maximum Gasteiger partial charge on any atom is 0.303 e. The number of carbonyl (C=O) groups is 1. The lowest BCUT2D eigenvalue weighted by atomic mass is 10.0. The molecule has 0 aliphatic carbocycles. The lowest BCUT2D eigenvalue weighted by Gasteiger charge is -2.19. The Balaban J connectivity index is 2.61. The van der Waals surface area contributed by atoms with Gasteiger partial charge in [0.25, 0.3) is 0 Å². The van der Waals surface area contributed by atoms with E-state index in [1.165, 1.54) is 4.31 Å². The Morgan fingerprint density at radius 3 is 2.78 bits per heavy atom. The molecule has 102 valence electrons. The molecule has 18 heavy (non-hydrogen) atoms. The molecular weight excluding hydrogens is 256 g/mol. The quantitative estimate of drug-likeness (QED) is 0.772. The predicted octanol–water partition coefficient (Wildman–Crippen LogP) is 0.805. The molecular formula is C11H18N2O4S. The summed E-state index contributed by atoms with van der Waals surface area (Å²) in [7, 11) is -3.55. The second-order valence-corrected chi connectivity index (χ2v) is 6.63. The Morgan fingerprint density at radius 1 is 1.61 bits per heavy atom. The Bertz CT molecular complexity index is 440. The van der Waals surface area contributed by atoms with E-state index in [1.54, 1.807) is 6.92 Å². The van der Waals surface area contributed by atoms with Crippen molar-refractivity contribution >= 4 is 16.0 Å². The van der Waals surface area contributed by atoms with Gasteiger partial charge in [0.05, 0.1) is 6.07 Å². The fourth-order valence-electron chi connectivity index (χ4n) is 2.14. The monoisotopic (exact) mass is 274 g/mol. The Hall–Kier alpha value is -1.13. The molecule has 0 radical (unpaired) electrons. The summed E-state index contributed by atoms with van der Waals surface area (Å²) in [6, 6.07) is 1.81. The maximum absolute atomic E-state index is 12.1. The molecule has 1 fully saturated rings. The number of sulfonamides is 1. The summed E-state index contributed by atoms with van der Waals surface area (Å²) in [5, 5.41) is 16.4. The van der Waals surface area contributed by atoms with Crippen LogP contribution in [-0.2, 0) is 14.8 Å². The molecule has 0 spiro atoms. The number of nitrogens with zero attached hydrogens (tertiary/aromatic N) is 2. The SMILES string of the molecule is CCC(C#N)S(=O)(=O)N1CCC(CCC(=O)O)C1. The molecule has 0 aromatic carbocycles. The first kappa shape index (κ1) is 14.9. The second-order valence-electron chi connectivity index (χ2n) is 4.52. The average Bonchev–Trinajstić information content (AvgIpc) is 2.76. The zero-order chi connectivity index (χ0) is 13.8. The van der Waals surface area contributed by atoms with Crippen molar-refractivity contribution < 1.29 is 18.3 Å². The summed E-state index contributed by atoms with van der Waals surface area (Å²) in [6.07, 6.45) is 1.50. The molecule has 1 aliphatic rings. The molecule has 0 aromatic rings. The largest absolute Gasteiger partial charge is 0.481 e. The van der Waals surface area contributed by atoms with E-state index in [-0.39, 0.29) is 18.8 Å². The van der Waals surface area contributed by atoms with Gasteiger partial charge in [-0.15, -0.1) is 0 Å². The van der Waals surface area contributed by atoms with Crippen LogP contribution in [0.25, 0.3) is 0 Å². The van der Waals surface area contributed by atoms with Gasteiger partial charge in [-0.3, -0.25) is 4.79 Å². The third-order valence-electron chi connectivity index (χ3n) is 3.25. The van der Waals surface area contributed by atoms with E-state index in [4.69, 9.17) is 10.4 Å². The van der Waals surface area contributed by atoms with E-state index < -0.39 is 21.2 Å². The van der Waals surface area contributed by atoms with Crippen LogP contribution in [0.15, 0.2) is 0 Å². The second kappa shape index (κ2) is 6.16. The minimum absolute atomic E-state index is 0.0635. The lowest BCUT2D eigenvalue weighted by Crippen LogP contribution is -2.36. The first-order chi connectivity index (χ1) is 8.41. The normalized spacial score (nSPS) is 22.6. The molecule has 0 saturated carbocycles. The van der Waals surface area contributed by atoms with Gasteiger partial charge < -0.3 is 5.11 Å². The summed E-state index contributed by atoms with van der Waals surface area (Å²) < 4.78 is 25.5. The Morgan fingerprint density at radius 2 is 2.28 bits per heavy atom. The summed E-state index contributed by atoms with van der Waals surface area (Å²) in [4.78, 5) is 10.5. The zero-order valence-electron chi connectivity index (χ0n) is 10.4. The molecule has 6 nitrogen and oxygen atoms in total. The first-order valence-electron chi connectivity index (χ1n) is 6.02. The maximum atomic E-state index is 12.1. The fraction of sp³-hybridized carbons (Fsp3) is 0.818. The summed E-state index contributed by atoms with van der Waals surface area (Å²) in [6.45, 7) is 2.40. The van der Waals surface area contributed by atoms with E-state index in [1.807, 2.05) is 6.07 Å². The van der Waals surface area contributed by atoms with E-state index in [2.05, 4.69) is 0 Å². The molecule has 1 rings (SSSR count). The number of rotatable bonds is 6. The molecule has 1 saturated heterocycles. The number of hydrogen-bond donors (Lipinski definition) is 1. The minimum atomic E-state index is -3.55. The molecule has 1 N–H and O–H groups in total. The molecule has 7 heteroatoms.